The van der Waals surface area contributed by atoms with Gasteiger partial charge in [0.25, 0.3) is 0 Å². The molecule has 0 bridgehead atoms. The summed E-state index contributed by atoms with van der Waals surface area (Å²) < 4.78 is 49.5. The minimum atomic E-state index is -0.890. The molecule has 4 rings (SSSR count). The number of phenolic OH excluding ortho intramolecular Hbond substituents is 1. The predicted octanol–water partition coefficient (Wildman–Crippen LogP) is 7.49. The number of benzene rings is 3. The van der Waals surface area contributed by atoms with Gasteiger partial charge in [-0.3, -0.25) is 0 Å². The molecule has 35 heavy (non-hydrogen) atoms. The molecule has 0 saturated heterocycles. The van der Waals surface area contributed by atoms with E-state index in [1.807, 2.05) is 6.92 Å². The quantitative estimate of drug-likeness (QED) is 0.348. The molecule has 3 nitrogen and oxygen atoms in total. The van der Waals surface area contributed by atoms with Crippen LogP contribution in [0.5, 0.6) is 11.5 Å². The molecule has 2 N–H and O–H groups in total. The molecule has 0 amide bonds. The van der Waals surface area contributed by atoms with Crippen LogP contribution in [0.2, 0.25) is 0 Å². The summed E-state index contributed by atoms with van der Waals surface area (Å²) in [5, 5.41) is 19.6. The molecule has 0 aromatic heterocycles. The van der Waals surface area contributed by atoms with Crippen LogP contribution in [0.25, 0.3) is 11.1 Å². The lowest BCUT2D eigenvalue weighted by molar-refractivity contribution is 0.0727. The van der Waals surface area contributed by atoms with Crippen molar-refractivity contribution in [2.45, 2.75) is 64.1 Å². The van der Waals surface area contributed by atoms with Gasteiger partial charge in [-0.2, -0.15) is 0 Å². The highest BCUT2D eigenvalue weighted by molar-refractivity contribution is 5.65. The molecule has 1 atom stereocenters. The smallest absolute Gasteiger partial charge is 0.165 e. The van der Waals surface area contributed by atoms with E-state index in [4.69, 9.17) is 4.74 Å². The molecule has 0 radical (unpaired) electrons. The first-order chi connectivity index (χ1) is 16.9. The van der Waals surface area contributed by atoms with Crippen LogP contribution in [0.1, 0.15) is 62.5 Å². The van der Waals surface area contributed by atoms with E-state index in [1.165, 1.54) is 12.1 Å². The first-order valence-corrected chi connectivity index (χ1v) is 12.2. The van der Waals surface area contributed by atoms with Gasteiger partial charge in [0.2, 0.25) is 0 Å². The number of aliphatic hydroxyl groups excluding tert-OH is 1. The third-order valence-corrected chi connectivity index (χ3v) is 7.04. The molecule has 1 fully saturated rings. The maximum atomic E-state index is 14.9. The van der Waals surface area contributed by atoms with E-state index >= 15 is 0 Å². The lowest BCUT2D eigenvalue weighted by Crippen LogP contribution is -2.25. The fourth-order valence-corrected chi connectivity index (χ4v) is 5.01. The summed E-state index contributed by atoms with van der Waals surface area (Å²) in [5.41, 5.74) is 1.47. The molecule has 3 aromatic rings. The Hall–Kier alpha value is -2.99. The Morgan fingerprint density at radius 3 is 2.29 bits per heavy atom. The van der Waals surface area contributed by atoms with Crippen molar-refractivity contribution < 1.29 is 28.1 Å². The summed E-state index contributed by atoms with van der Waals surface area (Å²) in [4.78, 5) is 0. The molecule has 1 unspecified atom stereocenters. The van der Waals surface area contributed by atoms with Gasteiger partial charge in [-0.05, 0) is 79.3 Å². The third-order valence-electron chi connectivity index (χ3n) is 7.04. The van der Waals surface area contributed by atoms with Crippen molar-refractivity contribution >= 4 is 0 Å². The summed E-state index contributed by atoms with van der Waals surface area (Å²) in [6.45, 7) is 1.91. The summed E-state index contributed by atoms with van der Waals surface area (Å²) in [7, 11) is 0. The van der Waals surface area contributed by atoms with Crippen molar-refractivity contribution in [3.8, 4) is 22.6 Å². The van der Waals surface area contributed by atoms with Crippen molar-refractivity contribution in [1.82, 2.24) is 0 Å². The Morgan fingerprint density at radius 2 is 1.63 bits per heavy atom. The van der Waals surface area contributed by atoms with Crippen molar-refractivity contribution in [3.05, 3.63) is 83.2 Å². The van der Waals surface area contributed by atoms with Crippen molar-refractivity contribution in [2.75, 3.05) is 0 Å². The second-order valence-corrected chi connectivity index (χ2v) is 9.39. The number of hydrogen-bond donors (Lipinski definition) is 2. The molecule has 186 valence electrons. The first kappa shape index (κ1) is 25.1. The molecule has 1 aliphatic carbocycles. The minimum absolute atomic E-state index is 0.0441. The van der Waals surface area contributed by atoms with Crippen molar-refractivity contribution in [3.63, 3.8) is 0 Å². The first-order valence-electron chi connectivity index (χ1n) is 12.2. The average Bonchev–Trinajstić information content (AvgIpc) is 2.86. The molecule has 0 heterocycles. The van der Waals surface area contributed by atoms with Crippen LogP contribution in [-0.2, 0) is 6.61 Å². The van der Waals surface area contributed by atoms with Gasteiger partial charge in [-0.15, -0.1) is 0 Å². The Bertz CT molecular complexity index is 1140. The van der Waals surface area contributed by atoms with E-state index in [0.717, 1.165) is 44.6 Å². The summed E-state index contributed by atoms with van der Waals surface area (Å²) >= 11 is 0. The predicted molar refractivity (Wildman–Crippen MR) is 130 cm³/mol. The van der Waals surface area contributed by atoms with E-state index < -0.39 is 17.5 Å². The third kappa shape index (κ3) is 5.81. The van der Waals surface area contributed by atoms with E-state index in [2.05, 4.69) is 0 Å². The molecule has 0 aliphatic heterocycles. The standard InChI is InChI=1S/C29H31F3O3/c1-2-3-27(34)20-6-4-19(5-7-20)25-14-10-21(28(31)29(25)32)17-35-23-12-8-18(9-13-23)24-15-11-22(33)16-26(24)30/h8-16,19-20,27,33-34H,2-7,17H2,1H3. The fourth-order valence-electron chi connectivity index (χ4n) is 5.01. The zero-order valence-electron chi connectivity index (χ0n) is 19.8. The Labute approximate surface area is 204 Å². The largest absolute Gasteiger partial charge is 0.508 e. The van der Waals surface area contributed by atoms with E-state index in [-0.39, 0.29) is 35.9 Å². The molecular weight excluding hydrogens is 453 g/mol. The van der Waals surface area contributed by atoms with Crippen LogP contribution in [-0.4, -0.2) is 16.3 Å². The van der Waals surface area contributed by atoms with E-state index in [9.17, 15) is 23.4 Å². The Morgan fingerprint density at radius 1 is 0.914 bits per heavy atom. The number of ether oxygens (including phenoxy) is 1. The van der Waals surface area contributed by atoms with Crippen LogP contribution >= 0.6 is 0 Å². The number of aliphatic hydroxyl groups is 1. The topological polar surface area (TPSA) is 49.7 Å². The maximum absolute atomic E-state index is 14.9. The lowest BCUT2D eigenvalue weighted by atomic mass is 9.76. The summed E-state index contributed by atoms with van der Waals surface area (Å²) in [6, 6.07) is 13.8. The molecule has 0 spiro atoms. The number of hydrogen-bond acceptors (Lipinski definition) is 3. The average molecular weight is 485 g/mol. The van der Waals surface area contributed by atoms with Gasteiger partial charge in [0.1, 0.15) is 23.9 Å². The molecule has 6 heteroatoms. The van der Waals surface area contributed by atoms with Gasteiger partial charge >= 0.3 is 0 Å². The Kier molecular flexibility index (Phi) is 8.01. The van der Waals surface area contributed by atoms with Crippen LogP contribution in [0.15, 0.2) is 54.6 Å². The van der Waals surface area contributed by atoms with Crippen LogP contribution < -0.4 is 4.74 Å². The van der Waals surface area contributed by atoms with Gasteiger partial charge in [0, 0.05) is 17.2 Å². The molecule has 1 saturated carbocycles. The summed E-state index contributed by atoms with van der Waals surface area (Å²) in [6.07, 6.45) is 4.53. The van der Waals surface area contributed by atoms with E-state index in [0.29, 0.717) is 22.4 Å². The SMILES string of the molecule is CCCC(O)C1CCC(c2ccc(COc3ccc(-c4ccc(O)cc4F)cc3)c(F)c2F)CC1. The minimum Gasteiger partial charge on any atom is -0.508 e. The summed E-state index contributed by atoms with van der Waals surface area (Å²) in [5.74, 6) is -1.76. The molecule has 3 aromatic carbocycles. The Balaban J connectivity index is 1.38. The highest BCUT2D eigenvalue weighted by Crippen LogP contribution is 2.39. The van der Waals surface area contributed by atoms with Gasteiger partial charge in [0.15, 0.2) is 11.6 Å². The van der Waals surface area contributed by atoms with Gasteiger partial charge in [0.05, 0.1) is 6.10 Å². The maximum Gasteiger partial charge on any atom is 0.165 e. The highest BCUT2D eigenvalue weighted by Gasteiger charge is 2.29. The normalized spacial score (nSPS) is 18.9. The fraction of sp³-hybridized carbons (Fsp3) is 0.379. The molecular formula is C29H31F3O3. The van der Waals surface area contributed by atoms with Crippen molar-refractivity contribution in [2.24, 2.45) is 5.92 Å². The zero-order valence-corrected chi connectivity index (χ0v) is 19.8. The van der Waals surface area contributed by atoms with Gasteiger partial charge in [-0.1, -0.05) is 37.6 Å². The van der Waals surface area contributed by atoms with Crippen LogP contribution in [0.3, 0.4) is 0 Å². The van der Waals surface area contributed by atoms with Crippen LogP contribution in [0.4, 0.5) is 13.2 Å². The van der Waals surface area contributed by atoms with E-state index in [1.54, 1.807) is 36.4 Å². The lowest BCUT2D eigenvalue weighted by Gasteiger charge is -2.32. The second-order valence-electron chi connectivity index (χ2n) is 9.39. The monoisotopic (exact) mass is 484 g/mol. The second kappa shape index (κ2) is 11.2. The number of phenols is 1. The number of rotatable bonds is 8. The zero-order chi connectivity index (χ0) is 24.9. The molecule has 1 aliphatic rings. The number of halogens is 3. The van der Waals surface area contributed by atoms with Crippen molar-refractivity contribution in [1.29, 1.82) is 0 Å². The van der Waals surface area contributed by atoms with Gasteiger partial charge < -0.3 is 14.9 Å². The number of aromatic hydroxyl groups is 1. The van der Waals surface area contributed by atoms with Crippen LogP contribution in [0, 0.1) is 23.4 Å². The highest BCUT2D eigenvalue weighted by atomic mass is 19.2. The van der Waals surface area contributed by atoms with Gasteiger partial charge in [-0.25, -0.2) is 13.2 Å².